The minimum Gasteiger partial charge on any atom is -0.449 e. The highest BCUT2D eigenvalue weighted by molar-refractivity contribution is 5.82. The third-order valence-electron chi connectivity index (χ3n) is 2.67. The first kappa shape index (κ1) is 14.4. The summed E-state index contributed by atoms with van der Waals surface area (Å²) in [6.45, 7) is 3.40. The van der Waals surface area contributed by atoms with Gasteiger partial charge in [0, 0.05) is 0 Å². The molecule has 0 saturated carbocycles. The summed E-state index contributed by atoms with van der Waals surface area (Å²) < 4.78 is 5.70. The van der Waals surface area contributed by atoms with Crippen LogP contribution in [0, 0.1) is 6.92 Å². The molecule has 0 unspecified atom stereocenters. The molecule has 8 nitrogen and oxygen atoms in total. The topological polar surface area (TPSA) is 103 Å². The van der Waals surface area contributed by atoms with Crippen molar-refractivity contribution in [2.24, 2.45) is 4.99 Å². The first-order valence-corrected chi connectivity index (χ1v) is 6.12. The number of hydrogen-bond acceptors (Lipinski definition) is 6. The molecule has 1 aromatic carbocycles. The highest BCUT2D eigenvalue weighted by Crippen LogP contribution is 2.17. The zero-order valence-corrected chi connectivity index (χ0v) is 11.4. The Bertz CT molecular complexity index is 806. The molecule has 0 saturated heterocycles. The van der Waals surface area contributed by atoms with Gasteiger partial charge in [-0.1, -0.05) is 0 Å². The lowest BCUT2D eigenvalue weighted by atomic mass is 10.2. The van der Waals surface area contributed by atoms with Crippen LogP contribution in [0.1, 0.15) is 12.7 Å². The lowest BCUT2D eigenvalue weighted by molar-refractivity contribution is 0.164. The molecule has 0 spiro atoms. The van der Waals surface area contributed by atoms with Crippen LogP contribution in [-0.4, -0.2) is 28.4 Å². The number of fused-ring (bicyclic) bond motifs is 1. The Balaban J connectivity index is 2.58. The van der Waals surface area contributed by atoms with Gasteiger partial charge in [0.1, 0.15) is 5.82 Å². The number of carbonyl (C=O) groups excluding carboxylic acids is 2. The van der Waals surface area contributed by atoms with E-state index in [2.05, 4.69) is 15.4 Å². The zero-order valence-electron chi connectivity index (χ0n) is 11.4. The van der Waals surface area contributed by atoms with Crippen molar-refractivity contribution in [2.75, 3.05) is 12.0 Å². The van der Waals surface area contributed by atoms with E-state index >= 15 is 0 Å². The van der Waals surface area contributed by atoms with E-state index in [1.165, 1.54) is 12.1 Å². The summed E-state index contributed by atoms with van der Waals surface area (Å²) in [5, 5.41) is 0.217. The number of aromatic nitrogens is 2. The van der Waals surface area contributed by atoms with Gasteiger partial charge in [-0.15, -0.1) is 0 Å². The van der Waals surface area contributed by atoms with Crippen LogP contribution in [0.5, 0.6) is 0 Å². The molecule has 2 aromatic rings. The number of carbonyl (C=O) groups is 1. The van der Waals surface area contributed by atoms with Crippen molar-refractivity contribution in [3.05, 3.63) is 34.4 Å². The molecule has 0 aliphatic rings. The standard InChI is InChI=1S/C13H12N4O4/c1-3-21-13(20)16-17-8(2)15-11-5-4-9(14-7-18)6-10(11)12(17)19/h4-6H,3H2,1-2H3,(H,16,20). The van der Waals surface area contributed by atoms with Crippen molar-refractivity contribution >= 4 is 28.8 Å². The molecule has 0 atom stereocenters. The van der Waals surface area contributed by atoms with E-state index in [-0.39, 0.29) is 17.7 Å². The minimum absolute atomic E-state index is 0.179. The maximum absolute atomic E-state index is 12.4. The normalized spacial score (nSPS) is 10.0. The van der Waals surface area contributed by atoms with E-state index in [0.29, 0.717) is 11.3 Å². The highest BCUT2D eigenvalue weighted by atomic mass is 16.6. The largest absolute Gasteiger partial charge is 0.449 e. The van der Waals surface area contributed by atoms with Crippen molar-refractivity contribution in [1.82, 2.24) is 9.66 Å². The molecule has 0 aliphatic heterocycles. The van der Waals surface area contributed by atoms with Crippen LogP contribution in [-0.2, 0) is 9.53 Å². The number of hydrogen-bond donors (Lipinski definition) is 1. The van der Waals surface area contributed by atoms with Gasteiger partial charge in [0.05, 0.1) is 23.2 Å². The summed E-state index contributed by atoms with van der Waals surface area (Å²) in [6.07, 6.45) is 0.641. The van der Waals surface area contributed by atoms with E-state index in [1.807, 2.05) is 0 Å². The van der Waals surface area contributed by atoms with E-state index in [9.17, 15) is 14.4 Å². The van der Waals surface area contributed by atoms with Gasteiger partial charge in [-0.05, 0) is 32.0 Å². The second-order valence-electron chi connectivity index (χ2n) is 4.04. The summed E-state index contributed by atoms with van der Waals surface area (Å²) >= 11 is 0. The van der Waals surface area contributed by atoms with E-state index < -0.39 is 11.7 Å². The molecule has 8 heteroatoms. The third-order valence-corrected chi connectivity index (χ3v) is 2.67. The van der Waals surface area contributed by atoms with Crippen LogP contribution in [0.15, 0.2) is 28.0 Å². The fourth-order valence-electron chi connectivity index (χ4n) is 1.79. The van der Waals surface area contributed by atoms with Crippen molar-refractivity contribution in [2.45, 2.75) is 13.8 Å². The quantitative estimate of drug-likeness (QED) is 0.678. The molecular formula is C13H12N4O4. The Morgan fingerprint density at radius 1 is 1.52 bits per heavy atom. The van der Waals surface area contributed by atoms with Gasteiger partial charge in [0.2, 0.25) is 6.08 Å². The third kappa shape index (κ3) is 2.96. The first-order chi connectivity index (χ1) is 10.1. The van der Waals surface area contributed by atoms with E-state index in [0.717, 1.165) is 4.68 Å². The van der Waals surface area contributed by atoms with Crippen LogP contribution in [0.4, 0.5) is 10.5 Å². The average molecular weight is 288 g/mol. The molecule has 0 fully saturated rings. The second kappa shape index (κ2) is 5.98. The van der Waals surface area contributed by atoms with Gasteiger partial charge in [-0.3, -0.25) is 4.79 Å². The number of rotatable bonds is 3. The fraction of sp³-hybridized carbons (Fsp3) is 0.231. The van der Waals surface area contributed by atoms with Crippen molar-refractivity contribution in [1.29, 1.82) is 0 Å². The Hall–Kier alpha value is -2.99. The van der Waals surface area contributed by atoms with Gasteiger partial charge in [0.25, 0.3) is 5.56 Å². The number of isocyanates is 1. The minimum atomic E-state index is -0.758. The summed E-state index contributed by atoms with van der Waals surface area (Å²) in [5.41, 5.74) is 2.52. The van der Waals surface area contributed by atoms with Gasteiger partial charge in [-0.2, -0.15) is 9.67 Å². The number of ether oxygens (including phenoxy) is 1. The molecule has 1 aromatic heterocycles. The number of nitrogens with one attached hydrogen (secondary N) is 1. The molecular weight excluding hydrogens is 276 g/mol. The summed E-state index contributed by atoms with van der Waals surface area (Å²) in [7, 11) is 0. The maximum Gasteiger partial charge on any atom is 0.426 e. The molecule has 2 rings (SSSR count). The lowest BCUT2D eigenvalue weighted by Gasteiger charge is -2.11. The fourth-order valence-corrected chi connectivity index (χ4v) is 1.79. The van der Waals surface area contributed by atoms with Gasteiger partial charge in [0.15, 0.2) is 0 Å². The molecule has 1 heterocycles. The van der Waals surface area contributed by atoms with Crippen molar-refractivity contribution < 1.29 is 14.3 Å². The maximum atomic E-state index is 12.4. The highest BCUT2D eigenvalue weighted by Gasteiger charge is 2.11. The SMILES string of the molecule is CCOC(=O)Nn1c(C)nc2ccc(N=C=O)cc2c1=O. The Kier molecular flexibility index (Phi) is 4.10. The zero-order chi connectivity index (χ0) is 15.4. The van der Waals surface area contributed by atoms with Gasteiger partial charge < -0.3 is 4.74 Å². The van der Waals surface area contributed by atoms with Crippen LogP contribution < -0.4 is 11.0 Å². The van der Waals surface area contributed by atoms with Crippen LogP contribution in [0.3, 0.4) is 0 Å². The van der Waals surface area contributed by atoms with Crippen molar-refractivity contribution in [3.8, 4) is 0 Å². The molecule has 1 N–H and O–H groups in total. The van der Waals surface area contributed by atoms with E-state index in [1.54, 1.807) is 26.0 Å². The van der Waals surface area contributed by atoms with Crippen molar-refractivity contribution in [3.63, 3.8) is 0 Å². The number of aliphatic imine (C=N–C) groups is 1. The second-order valence-corrected chi connectivity index (χ2v) is 4.04. The Morgan fingerprint density at radius 3 is 2.95 bits per heavy atom. The molecule has 0 bridgehead atoms. The molecule has 0 radical (unpaired) electrons. The van der Waals surface area contributed by atoms with Crippen LogP contribution in [0.25, 0.3) is 10.9 Å². The Morgan fingerprint density at radius 2 is 2.29 bits per heavy atom. The predicted molar refractivity (Wildman–Crippen MR) is 74.9 cm³/mol. The molecule has 108 valence electrons. The molecule has 0 aliphatic carbocycles. The first-order valence-electron chi connectivity index (χ1n) is 6.12. The Labute approximate surface area is 119 Å². The number of benzene rings is 1. The molecule has 1 amide bonds. The summed E-state index contributed by atoms with van der Waals surface area (Å²) in [4.78, 5) is 41.7. The van der Waals surface area contributed by atoms with Crippen LogP contribution >= 0.6 is 0 Å². The molecule has 21 heavy (non-hydrogen) atoms. The number of aryl methyl sites for hydroxylation is 1. The predicted octanol–water partition coefficient (Wildman–Crippen LogP) is 1.37. The smallest absolute Gasteiger partial charge is 0.426 e. The lowest BCUT2D eigenvalue weighted by Crippen LogP contribution is -2.35. The van der Waals surface area contributed by atoms with Gasteiger partial charge in [-0.25, -0.2) is 20.0 Å². The monoisotopic (exact) mass is 288 g/mol. The summed E-state index contributed by atoms with van der Waals surface area (Å²) in [6, 6.07) is 4.51. The average Bonchev–Trinajstić information content (AvgIpc) is 2.45. The number of nitrogens with zero attached hydrogens (tertiary/aromatic N) is 3. The summed E-state index contributed by atoms with van der Waals surface area (Å²) in [5.74, 6) is 0.298. The van der Waals surface area contributed by atoms with Crippen LogP contribution in [0.2, 0.25) is 0 Å². The number of amides is 1. The van der Waals surface area contributed by atoms with E-state index in [4.69, 9.17) is 4.74 Å². The van der Waals surface area contributed by atoms with Gasteiger partial charge >= 0.3 is 6.09 Å².